The van der Waals surface area contributed by atoms with Crippen molar-refractivity contribution in [3.05, 3.63) is 69.7 Å². The molecule has 36 heavy (non-hydrogen) atoms. The number of hydrogen-bond donors (Lipinski definition) is 4. The Kier molecular flexibility index (Phi) is 4.80. The molecule has 4 heterocycles. The number of H-pyrrole nitrogens is 2. The molecule has 8 nitrogen and oxygen atoms in total. The molecule has 5 N–H and O–H groups in total. The Morgan fingerprint density at radius 3 is 2.25 bits per heavy atom. The monoisotopic (exact) mass is 517 g/mol. The third kappa shape index (κ3) is 3.29. The van der Waals surface area contributed by atoms with Crippen molar-refractivity contribution in [2.24, 2.45) is 10.7 Å². The van der Waals surface area contributed by atoms with E-state index in [4.69, 9.17) is 33.7 Å². The van der Waals surface area contributed by atoms with Gasteiger partial charge in [0.1, 0.15) is 17.8 Å². The van der Waals surface area contributed by atoms with Gasteiger partial charge in [-0.15, -0.1) is 0 Å². The zero-order valence-electron chi connectivity index (χ0n) is 19.0. The molecule has 0 radical (unpaired) electrons. The molecule has 3 aromatic carbocycles. The van der Waals surface area contributed by atoms with E-state index in [-0.39, 0.29) is 0 Å². The van der Waals surface area contributed by atoms with Gasteiger partial charge in [0.15, 0.2) is 11.2 Å². The number of aryl methyl sites for hydroxylation is 1. The Morgan fingerprint density at radius 2 is 1.58 bits per heavy atom. The van der Waals surface area contributed by atoms with Gasteiger partial charge in [-0.3, -0.25) is 0 Å². The van der Waals surface area contributed by atoms with Crippen LogP contribution in [0, 0.1) is 0 Å². The third-order valence-electron chi connectivity index (χ3n) is 6.71. The standard InChI is InChI=1S/C26H21Cl2N7O/c27-13-2-4-19-15(8-13)17-10-18-16-9-14(28)3-5-20(16)34-22(18)24(21(17)33-19)36-7-1-6-35-12-32-26-23(35)25(29)30-11-31-26/h2-5,8-10,12,30,33-34H,1,6-7,11,29H2. The minimum absolute atomic E-state index is 0.449. The van der Waals surface area contributed by atoms with E-state index in [2.05, 4.69) is 31.3 Å². The van der Waals surface area contributed by atoms with Crippen LogP contribution < -0.4 is 26.6 Å². The highest BCUT2D eigenvalue weighted by molar-refractivity contribution is 6.33. The van der Waals surface area contributed by atoms with Gasteiger partial charge in [-0.25, -0.2) is 9.98 Å². The number of nitrogens with two attached hydrogens (primary N) is 1. The molecule has 0 unspecified atom stereocenters. The van der Waals surface area contributed by atoms with Crippen molar-refractivity contribution in [2.45, 2.75) is 13.0 Å². The molecule has 7 rings (SSSR count). The van der Waals surface area contributed by atoms with Crippen molar-refractivity contribution >= 4 is 72.6 Å². The van der Waals surface area contributed by atoms with Gasteiger partial charge in [-0.1, -0.05) is 23.2 Å². The van der Waals surface area contributed by atoms with Gasteiger partial charge >= 0.3 is 0 Å². The molecule has 1 aliphatic rings. The molecule has 6 aromatic rings. The Hall–Kier alpha value is -3.88. The van der Waals surface area contributed by atoms with E-state index < -0.39 is 0 Å². The maximum absolute atomic E-state index is 6.48. The second-order valence-corrected chi connectivity index (χ2v) is 9.77. The van der Waals surface area contributed by atoms with Crippen molar-refractivity contribution in [2.75, 3.05) is 13.3 Å². The quantitative estimate of drug-likeness (QED) is 0.257. The average molecular weight is 518 g/mol. The number of ether oxygens (including phenoxy) is 1. The Labute approximate surface area is 214 Å². The first kappa shape index (κ1) is 21.4. The highest BCUT2D eigenvalue weighted by atomic mass is 35.5. The summed E-state index contributed by atoms with van der Waals surface area (Å²) < 4.78 is 8.49. The van der Waals surface area contributed by atoms with Gasteiger partial charge in [-0.2, -0.15) is 0 Å². The summed E-state index contributed by atoms with van der Waals surface area (Å²) in [4.78, 5) is 15.8. The summed E-state index contributed by atoms with van der Waals surface area (Å²) in [5.41, 5.74) is 10.7. The lowest BCUT2D eigenvalue weighted by molar-refractivity contribution is 0.306. The molecule has 0 bridgehead atoms. The van der Waals surface area contributed by atoms with E-state index in [1.165, 1.54) is 0 Å². The molecule has 0 atom stereocenters. The zero-order chi connectivity index (χ0) is 24.4. The number of halogens is 2. The van der Waals surface area contributed by atoms with E-state index in [0.717, 1.165) is 61.1 Å². The predicted molar refractivity (Wildman–Crippen MR) is 144 cm³/mol. The van der Waals surface area contributed by atoms with Crippen LogP contribution in [0.5, 0.6) is 5.75 Å². The molecule has 1 aliphatic heterocycles. The van der Waals surface area contributed by atoms with Crippen molar-refractivity contribution in [1.29, 1.82) is 0 Å². The lowest BCUT2D eigenvalue weighted by Crippen LogP contribution is -2.44. The summed E-state index contributed by atoms with van der Waals surface area (Å²) in [5, 5.41) is 9.46. The highest BCUT2D eigenvalue weighted by Gasteiger charge is 2.18. The van der Waals surface area contributed by atoms with E-state index in [9.17, 15) is 0 Å². The highest BCUT2D eigenvalue weighted by Crippen LogP contribution is 2.41. The van der Waals surface area contributed by atoms with Crippen molar-refractivity contribution in [1.82, 2.24) is 24.8 Å². The molecule has 0 amide bonds. The number of rotatable bonds is 5. The number of nitrogens with zero attached hydrogens (tertiary/aromatic N) is 3. The lowest BCUT2D eigenvalue weighted by Gasteiger charge is -2.11. The first-order chi connectivity index (χ1) is 17.6. The summed E-state index contributed by atoms with van der Waals surface area (Å²) in [7, 11) is 0. The number of imidazole rings is 1. The summed E-state index contributed by atoms with van der Waals surface area (Å²) in [5.74, 6) is 1.37. The summed E-state index contributed by atoms with van der Waals surface area (Å²) >= 11 is 12.7. The van der Waals surface area contributed by atoms with Crippen LogP contribution >= 0.6 is 23.2 Å². The summed E-state index contributed by atoms with van der Waals surface area (Å²) in [6.07, 6.45) is 2.53. The number of aromatic amines is 2. The van der Waals surface area contributed by atoms with Gasteiger partial charge < -0.3 is 30.3 Å². The smallest absolute Gasteiger partial charge is 0.178 e. The SMILES string of the molecule is NC1=c2c(ncn2CCCOc2c3[nH]c4ccc(Cl)cc4c3cc3c2[nH]c2ccc(Cl)cc23)=NCN1. The fraction of sp³-hybridized carbons (Fsp3) is 0.154. The molecule has 10 heteroatoms. The largest absolute Gasteiger partial charge is 0.489 e. The van der Waals surface area contributed by atoms with Gasteiger partial charge in [0, 0.05) is 49.2 Å². The van der Waals surface area contributed by atoms with Crippen LogP contribution in [0.2, 0.25) is 10.0 Å². The molecule has 0 saturated carbocycles. The maximum atomic E-state index is 6.48. The normalized spacial score (nSPS) is 13.4. The predicted octanol–water partition coefficient (Wildman–Crippen LogP) is 4.13. The Morgan fingerprint density at radius 1 is 0.917 bits per heavy atom. The number of nitrogens with one attached hydrogen (secondary N) is 3. The molecule has 0 aliphatic carbocycles. The molecule has 0 spiro atoms. The number of benzene rings is 3. The van der Waals surface area contributed by atoms with Crippen LogP contribution in [-0.2, 0) is 6.54 Å². The summed E-state index contributed by atoms with van der Waals surface area (Å²) in [6, 6.07) is 13.9. The topological polar surface area (TPSA) is 109 Å². The Balaban J connectivity index is 1.31. The fourth-order valence-corrected chi connectivity index (χ4v) is 5.41. The third-order valence-corrected chi connectivity index (χ3v) is 7.18. The van der Waals surface area contributed by atoms with Crippen LogP contribution in [0.3, 0.4) is 0 Å². The maximum Gasteiger partial charge on any atom is 0.178 e. The summed E-state index contributed by atoms with van der Waals surface area (Å²) in [6.45, 7) is 1.65. The lowest BCUT2D eigenvalue weighted by atomic mass is 10.1. The van der Waals surface area contributed by atoms with Gasteiger partial charge in [-0.05, 0) is 48.9 Å². The van der Waals surface area contributed by atoms with E-state index in [0.29, 0.717) is 41.2 Å². The minimum Gasteiger partial charge on any atom is -0.489 e. The Bertz CT molecular complexity index is 1860. The molecule has 0 fully saturated rings. The second-order valence-electron chi connectivity index (χ2n) is 8.90. The van der Waals surface area contributed by atoms with Gasteiger partial charge in [0.2, 0.25) is 0 Å². The number of hydrogen-bond acceptors (Lipinski definition) is 5. The molecular weight excluding hydrogens is 497 g/mol. The van der Waals surface area contributed by atoms with Crippen molar-refractivity contribution in [3.63, 3.8) is 0 Å². The van der Waals surface area contributed by atoms with E-state index >= 15 is 0 Å². The first-order valence-corrected chi connectivity index (χ1v) is 12.4. The van der Waals surface area contributed by atoms with Crippen molar-refractivity contribution in [3.8, 4) is 5.75 Å². The zero-order valence-corrected chi connectivity index (χ0v) is 20.5. The second kappa shape index (κ2) is 8.08. The molecule has 180 valence electrons. The van der Waals surface area contributed by atoms with E-state index in [1.807, 2.05) is 41.0 Å². The molecular formula is C26H21Cl2N7O. The number of fused-ring (bicyclic) bond motifs is 7. The van der Waals surface area contributed by atoms with Crippen LogP contribution in [0.4, 0.5) is 0 Å². The van der Waals surface area contributed by atoms with Crippen LogP contribution in [0.25, 0.3) is 49.4 Å². The van der Waals surface area contributed by atoms with E-state index in [1.54, 1.807) is 6.33 Å². The van der Waals surface area contributed by atoms with Crippen molar-refractivity contribution < 1.29 is 4.74 Å². The molecule has 0 saturated heterocycles. The first-order valence-electron chi connectivity index (χ1n) is 11.6. The molecule has 3 aromatic heterocycles. The minimum atomic E-state index is 0.449. The van der Waals surface area contributed by atoms with Crippen LogP contribution in [0.15, 0.2) is 53.8 Å². The average Bonchev–Trinajstić information content (AvgIpc) is 3.55. The van der Waals surface area contributed by atoms with Crippen LogP contribution in [-0.4, -0.2) is 32.8 Å². The van der Waals surface area contributed by atoms with Gasteiger partial charge in [0.05, 0.1) is 24.0 Å². The van der Waals surface area contributed by atoms with Gasteiger partial charge in [0.25, 0.3) is 0 Å². The fourth-order valence-electron chi connectivity index (χ4n) is 5.07. The van der Waals surface area contributed by atoms with Crippen LogP contribution in [0.1, 0.15) is 6.42 Å². The number of aromatic nitrogens is 4.